The number of carboxylic acid groups (broad SMARTS) is 1. The van der Waals surface area contributed by atoms with Gasteiger partial charge in [-0.1, -0.05) is 54.1 Å². The summed E-state index contributed by atoms with van der Waals surface area (Å²) in [4.78, 5) is 36.2. The average molecular weight is 634 g/mol. The van der Waals surface area contributed by atoms with E-state index in [1.165, 1.54) is 29.2 Å². The quantitative estimate of drug-likeness (QED) is 0.147. The fourth-order valence-electron chi connectivity index (χ4n) is 4.83. The Morgan fingerprint density at radius 3 is 2.22 bits per heavy atom. The number of hydrogen-bond acceptors (Lipinski definition) is 5. The van der Waals surface area contributed by atoms with Gasteiger partial charge in [-0.25, -0.2) is 9.97 Å². The van der Waals surface area contributed by atoms with Gasteiger partial charge in [0.05, 0.1) is 29.0 Å². The van der Waals surface area contributed by atoms with Gasteiger partial charge in [0.1, 0.15) is 5.75 Å². The number of aromatic nitrogens is 2. The largest absolute Gasteiger partial charge is 0.573 e. The zero-order valence-corrected chi connectivity index (χ0v) is 24.6. The van der Waals surface area contributed by atoms with E-state index in [1.807, 2.05) is 18.2 Å². The predicted molar refractivity (Wildman–Crippen MR) is 165 cm³/mol. The van der Waals surface area contributed by atoms with Crippen LogP contribution in [0.15, 0.2) is 97.1 Å². The van der Waals surface area contributed by atoms with Gasteiger partial charge in [-0.15, -0.1) is 13.2 Å². The van der Waals surface area contributed by atoms with Crippen LogP contribution < -0.4 is 9.64 Å². The van der Waals surface area contributed by atoms with Crippen molar-refractivity contribution in [3.05, 3.63) is 119 Å². The molecule has 4 aromatic carbocycles. The van der Waals surface area contributed by atoms with Gasteiger partial charge in [0, 0.05) is 28.3 Å². The van der Waals surface area contributed by atoms with E-state index in [9.17, 15) is 22.8 Å². The van der Waals surface area contributed by atoms with Crippen LogP contribution in [0.3, 0.4) is 0 Å². The number of hydrogen-bond donors (Lipinski definition) is 1. The number of ether oxygens (including phenoxy) is 1. The molecule has 1 amide bonds. The van der Waals surface area contributed by atoms with Crippen LogP contribution in [0.25, 0.3) is 22.3 Å². The lowest BCUT2D eigenvalue weighted by Crippen LogP contribution is -2.30. The molecule has 230 valence electrons. The summed E-state index contributed by atoms with van der Waals surface area (Å²) in [5.74, 6) is -1.56. The predicted octanol–water partition coefficient (Wildman–Crippen LogP) is 8.49. The number of nitrogens with zero attached hydrogens (tertiary/aromatic N) is 3. The first-order valence-corrected chi connectivity index (χ1v) is 14.4. The number of para-hydroxylation sites is 1. The first kappa shape index (κ1) is 31.5. The standard InChI is InChI=1S/C34H27ClF3N3O4/c35-25-15-12-23(13-16-25)32-29(8-4-5-9-31(42)43)39-30-20-24(14-19-28(30)40-32)33(44)41(26-6-2-1-3-7-26)21-22-10-17-27(18-11-22)45-34(36,37)38/h1-3,6-7,10-20H,4-5,8-9,21H2,(H,42,43). The number of anilines is 1. The second kappa shape index (κ2) is 13.8. The number of unbranched alkanes of at least 4 members (excludes halogenated alkanes) is 1. The minimum Gasteiger partial charge on any atom is -0.481 e. The number of carboxylic acids is 1. The van der Waals surface area contributed by atoms with Crippen molar-refractivity contribution in [2.75, 3.05) is 4.90 Å². The minimum absolute atomic E-state index is 0.0450. The highest BCUT2D eigenvalue weighted by Crippen LogP contribution is 2.29. The van der Waals surface area contributed by atoms with E-state index in [0.29, 0.717) is 63.5 Å². The fourth-order valence-corrected chi connectivity index (χ4v) is 4.96. The topological polar surface area (TPSA) is 92.6 Å². The highest BCUT2D eigenvalue weighted by molar-refractivity contribution is 6.30. The van der Waals surface area contributed by atoms with Crippen LogP contribution >= 0.6 is 11.6 Å². The van der Waals surface area contributed by atoms with Crippen molar-refractivity contribution >= 4 is 40.2 Å². The molecule has 0 aliphatic rings. The van der Waals surface area contributed by atoms with E-state index < -0.39 is 12.3 Å². The summed E-state index contributed by atoms with van der Waals surface area (Å²) in [6, 6.07) is 26.5. The Morgan fingerprint density at radius 1 is 0.844 bits per heavy atom. The number of carbonyl (C=O) groups is 2. The molecule has 0 bridgehead atoms. The van der Waals surface area contributed by atoms with Crippen LogP contribution in [0.5, 0.6) is 5.75 Å². The lowest BCUT2D eigenvalue weighted by atomic mass is 10.0. The molecule has 0 aliphatic carbocycles. The Balaban J connectivity index is 1.47. The van der Waals surface area contributed by atoms with E-state index in [4.69, 9.17) is 26.7 Å². The number of fused-ring (bicyclic) bond motifs is 1. The summed E-state index contributed by atoms with van der Waals surface area (Å²) in [5.41, 5.74) is 4.72. The van der Waals surface area contributed by atoms with E-state index in [0.717, 1.165) is 5.56 Å². The highest BCUT2D eigenvalue weighted by Gasteiger charge is 2.31. The molecule has 0 fully saturated rings. The lowest BCUT2D eigenvalue weighted by Gasteiger charge is -2.23. The van der Waals surface area contributed by atoms with Crippen LogP contribution in [0.4, 0.5) is 18.9 Å². The zero-order valence-electron chi connectivity index (χ0n) is 23.8. The van der Waals surface area contributed by atoms with Crippen LogP contribution in [-0.2, 0) is 17.8 Å². The second-order valence-electron chi connectivity index (χ2n) is 10.2. The molecule has 1 heterocycles. The van der Waals surface area contributed by atoms with E-state index in [1.54, 1.807) is 54.6 Å². The van der Waals surface area contributed by atoms with Gasteiger partial charge >= 0.3 is 12.3 Å². The molecule has 5 aromatic rings. The van der Waals surface area contributed by atoms with Gasteiger partial charge < -0.3 is 14.7 Å². The molecular formula is C34H27ClF3N3O4. The Morgan fingerprint density at radius 2 is 1.56 bits per heavy atom. The van der Waals surface area contributed by atoms with Gasteiger partial charge in [-0.05, 0) is 79.4 Å². The number of benzene rings is 4. The van der Waals surface area contributed by atoms with E-state index in [2.05, 4.69) is 4.74 Å². The zero-order chi connectivity index (χ0) is 32.0. The van der Waals surface area contributed by atoms with Crippen LogP contribution in [0.2, 0.25) is 5.02 Å². The van der Waals surface area contributed by atoms with Gasteiger partial charge in [0.2, 0.25) is 0 Å². The maximum Gasteiger partial charge on any atom is 0.573 e. The monoisotopic (exact) mass is 633 g/mol. The van der Waals surface area contributed by atoms with Crippen molar-refractivity contribution in [1.29, 1.82) is 0 Å². The fraction of sp³-hybridized carbons (Fsp3) is 0.176. The maximum atomic E-state index is 14.0. The molecule has 7 nitrogen and oxygen atoms in total. The van der Waals surface area contributed by atoms with Gasteiger partial charge in [0.15, 0.2) is 0 Å². The third-order valence-electron chi connectivity index (χ3n) is 6.97. The van der Waals surface area contributed by atoms with Gasteiger partial charge in [0.25, 0.3) is 5.91 Å². The summed E-state index contributed by atoms with van der Waals surface area (Å²) in [7, 11) is 0. The summed E-state index contributed by atoms with van der Waals surface area (Å²) in [6.07, 6.45) is -3.22. The number of halogens is 4. The van der Waals surface area contributed by atoms with Crippen LogP contribution in [0.1, 0.15) is 40.9 Å². The van der Waals surface area contributed by atoms with Crippen molar-refractivity contribution in [3.63, 3.8) is 0 Å². The molecule has 1 aromatic heterocycles. The van der Waals surface area contributed by atoms with Crippen molar-refractivity contribution < 1.29 is 32.6 Å². The third-order valence-corrected chi connectivity index (χ3v) is 7.22. The SMILES string of the molecule is O=C(O)CCCCc1nc2cc(C(=O)N(Cc3ccc(OC(F)(F)F)cc3)c3ccccc3)ccc2nc1-c1ccc(Cl)cc1. The van der Waals surface area contributed by atoms with Gasteiger partial charge in [-0.3, -0.25) is 9.59 Å². The number of carbonyl (C=O) groups excluding carboxylic acids is 1. The Labute approximate surface area is 261 Å². The summed E-state index contributed by atoms with van der Waals surface area (Å²) >= 11 is 6.09. The van der Waals surface area contributed by atoms with Crippen molar-refractivity contribution in [3.8, 4) is 17.0 Å². The van der Waals surface area contributed by atoms with Crippen LogP contribution in [-0.4, -0.2) is 33.3 Å². The van der Waals surface area contributed by atoms with Crippen molar-refractivity contribution in [1.82, 2.24) is 9.97 Å². The molecule has 45 heavy (non-hydrogen) atoms. The molecule has 0 radical (unpaired) electrons. The highest BCUT2D eigenvalue weighted by atomic mass is 35.5. The molecule has 0 spiro atoms. The number of aliphatic carboxylic acids is 1. The molecule has 5 rings (SSSR count). The number of amides is 1. The molecular weight excluding hydrogens is 607 g/mol. The third kappa shape index (κ3) is 8.36. The molecule has 0 aliphatic heterocycles. The Hall–Kier alpha value is -4.96. The van der Waals surface area contributed by atoms with Crippen LogP contribution in [0, 0.1) is 0 Å². The lowest BCUT2D eigenvalue weighted by molar-refractivity contribution is -0.274. The normalized spacial score (nSPS) is 11.4. The first-order chi connectivity index (χ1) is 21.6. The smallest absolute Gasteiger partial charge is 0.481 e. The summed E-state index contributed by atoms with van der Waals surface area (Å²) < 4.78 is 41.8. The van der Waals surface area contributed by atoms with Gasteiger partial charge in [-0.2, -0.15) is 0 Å². The van der Waals surface area contributed by atoms with E-state index >= 15 is 0 Å². The number of rotatable bonds is 11. The number of aryl methyl sites for hydroxylation is 1. The first-order valence-electron chi connectivity index (χ1n) is 14.1. The molecule has 0 saturated heterocycles. The maximum absolute atomic E-state index is 14.0. The molecule has 1 N–H and O–H groups in total. The molecule has 11 heteroatoms. The number of alkyl halides is 3. The average Bonchev–Trinajstić information content (AvgIpc) is 3.02. The summed E-state index contributed by atoms with van der Waals surface area (Å²) in [5, 5.41) is 9.62. The summed E-state index contributed by atoms with van der Waals surface area (Å²) in [6.45, 7) is 0.0865. The van der Waals surface area contributed by atoms with Crippen molar-refractivity contribution in [2.45, 2.75) is 38.6 Å². The minimum atomic E-state index is -4.81. The Bertz CT molecular complexity index is 1800. The molecule has 0 saturated carbocycles. The van der Waals surface area contributed by atoms with Crippen molar-refractivity contribution in [2.24, 2.45) is 0 Å². The molecule has 0 unspecified atom stereocenters. The van der Waals surface area contributed by atoms with E-state index in [-0.39, 0.29) is 24.6 Å². The molecule has 0 atom stereocenters. The Kier molecular flexibility index (Phi) is 9.63. The second-order valence-corrected chi connectivity index (χ2v) is 10.7.